The Labute approximate surface area is 118 Å². The van der Waals surface area contributed by atoms with Crippen molar-refractivity contribution >= 4 is 11.9 Å². The Balaban J connectivity index is 1.91. The van der Waals surface area contributed by atoms with Gasteiger partial charge in [-0.2, -0.15) is 0 Å². The summed E-state index contributed by atoms with van der Waals surface area (Å²) in [5, 5.41) is 2.58. The van der Waals surface area contributed by atoms with E-state index in [9.17, 15) is 9.59 Å². The molecule has 0 unspecified atom stereocenters. The molecular formula is C15H20N2O3. The topological polar surface area (TPSA) is 58.6 Å². The number of hydrogen-bond acceptors (Lipinski definition) is 3. The maximum Gasteiger partial charge on any atom is 0.324 e. The van der Waals surface area contributed by atoms with Crippen LogP contribution in [0.25, 0.3) is 0 Å². The van der Waals surface area contributed by atoms with E-state index in [1.54, 1.807) is 0 Å². The largest absolute Gasteiger partial charge is 0.484 e. The van der Waals surface area contributed by atoms with Crippen LogP contribution in [0.5, 0.6) is 5.75 Å². The highest BCUT2D eigenvalue weighted by Crippen LogP contribution is 2.24. The molecule has 1 N–H and O–H groups in total. The first kappa shape index (κ1) is 14.4. The smallest absolute Gasteiger partial charge is 0.324 e. The summed E-state index contributed by atoms with van der Waals surface area (Å²) in [4.78, 5) is 24.3. The number of imide groups is 1. The fourth-order valence-electron chi connectivity index (χ4n) is 1.98. The van der Waals surface area contributed by atoms with E-state index < -0.39 is 0 Å². The molecule has 2 rings (SSSR count). The van der Waals surface area contributed by atoms with Gasteiger partial charge >= 0.3 is 6.03 Å². The number of hydrogen-bond donors (Lipinski definition) is 1. The Kier molecular flexibility index (Phi) is 3.97. The van der Waals surface area contributed by atoms with Gasteiger partial charge < -0.3 is 10.1 Å². The van der Waals surface area contributed by atoms with Gasteiger partial charge in [0.05, 0.1) is 0 Å². The molecule has 1 aliphatic rings. The van der Waals surface area contributed by atoms with Crippen molar-refractivity contribution in [2.45, 2.75) is 26.2 Å². The summed E-state index contributed by atoms with van der Waals surface area (Å²) in [6.45, 7) is 7.20. The minimum Gasteiger partial charge on any atom is -0.484 e. The van der Waals surface area contributed by atoms with Crippen molar-refractivity contribution in [3.05, 3.63) is 29.8 Å². The van der Waals surface area contributed by atoms with Crippen LogP contribution in [0.15, 0.2) is 24.3 Å². The molecule has 0 aromatic heterocycles. The summed E-state index contributed by atoms with van der Waals surface area (Å²) in [5.41, 5.74) is 1.29. The fraction of sp³-hybridized carbons (Fsp3) is 0.467. The van der Waals surface area contributed by atoms with E-state index in [0.717, 1.165) is 0 Å². The molecule has 1 aromatic carbocycles. The molecule has 0 radical (unpaired) electrons. The van der Waals surface area contributed by atoms with E-state index in [4.69, 9.17) is 4.74 Å². The molecule has 5 nitrogen and oxygen atoms in total. The van der Waals surface area contributed by atoms with Gasteiger partial charge in [-0.05, 0) is 23.1 Å². The standard InChI is InChI=1S/C15H20N2O3/c1-15(2,3)11-4-6-12(7-5-11)20-10-13(18)17-9-8-16-14(17)19/h4-7H,8-10H2,1-3H3,(H,16,19). The number of urea groups is 1. The maximum atomic E-state index is 11.8. The van der Waals surface area contributed by atoms with Gasteiger partial charge in [-0.3, -0.25) is 9.69 Å². The third-order valence-electron chi connectivity index (χ3n) is 3.24. The Hall–Kier alpha value is -2.04. The van der Waals surface area contributed by atoms with Crippen molar-refractivity contribution < 1.29 is 14.3 Å². The second-order valence-electron chi connectivity index (χ2n) is 5.84. The van der Waals surface area contributed by atoms with E-state index in [0.29, 0.717) is 18.8 Å². The molecule has 0 aliphatic carbocycles. The van der Waals surface area contributed by atoms with Gasteiger partial charge in [-0.25, -0.2) is 4.79 Å². The number of ether oxygens (including phenoxy) is 1. The maximum absolute atomic E-state index is 11.8. The first-order valence-electron chi connectivity index (χ1n) is 6.69. The molecule has 1 aliphatic heterocycles. The van der Waals surface area contributed by atoms with E-state index in [2.05, 4.69) is 26.1 Å². The second-order valence-corrected chi connectivity index (χ2v) is 5.84. The average molecular weight is 276 g/mol. The molecule has 3 amide bonds. The summed E-state index contributed by atoms with van der Waals surface area (Å²) in [6.07, 6.45) is 0. The molecule has 1 aromatic rings. The van der Waals surface area contributed by atoms with Crippen LogP contribution in [0.4, 0.5) is 4.79 Å². The van der Waals surface area contributed by atoms with Crippen molar-refractivity contribution in [1.82, 2.24) is 10.2 Å². The zero-order chi connectivity index (χ0) is 14.8. The van der Waals surface area contributed by atoms with Crippen LogP contribution in [-0.4, -0.2) is 36.5 Å². The summed E-state index contributed by atoms with van der Waals surface area (Å²) < 4.78 is 5.42. The van der Waals surface area contributed by atoms with Gasteiger partial charge in [0.2, 0.25) is 0 Å². The lowest BCUT2D eigenvalue weighted by Gasteiger charge is -2.19. The summed E-state index contributed by atoms with van der Waals surface area (Å²) in [7, 11) is 0. The highest BCUT2D eigenvalue weighted by molar-refractivity contribution is 5.96. The molecule has 0 saturated carbocycles. The number of carbonyl (C=O) groups is 2. The van der Waals surface area contributed by atoms with Crippen LogP contribution in [0, 0.1) is 0 Å². The molecule has 0 atom stereocenters. The summed E-state index contributed by atoms with van der Waals surface area (Å²) >= 11 is 0. The van der Waals surface area contributed by atoms with Crippen molar-refractivity contribution in [2.75, 3.05) is 19.7 Å². The molecule has 1 heterocycles. The average Bonchev–Trinajstić information content (AvgIpc) is 2.82. The summed E-state index contributed by atoms with van der Waals surface area (Å²) in [5.74, 6) is 0.311. The first-order chi connectivity index (χ1) is 9.38. The van der Waals surface area contributed by atoms with Gasteiger partial charge in [-0.15, -0.1) is 0 Å². The van der Waals surface area contributed by atoms with Gasteiger partial charge in [-0.1, -0.05) is 32.9 Å². The first-order valence-corrected chi connectivity index (χ1v) is 6.69. The van der Waals surface area contributed by atoms with Crippen LogP contribution < -0.4 is 10.1 Å². The predicted octanol–water partition coefficient (Wildman–Crippen LogP) is 1.91. The third kappa shape index (κ3) is 3.29. The SMILES string of the molecule is CC(C)(C)c1ccc(OCC(=O)N2CCNC2=O)cc1. The number of benzene rings is 1. The molecule has 0 bridgehead atoms. The van der Waals surface area contributed by atoms with Crippen LogP contribution in [0.1, 0.15) is 26.3 Å². The van der Waals surface area contributed by atoms with Crippen molar-refractivity contribution in [2.24, 2.45) is 0 Å². The number of rotatable bonds is 3. The van der Waals surface area contributed by atoms with Gasteiger partial charge in [0.1, 0.15) is 5.75 Å². The molecule has 20 heavy (non-hydrogen) atoms. The molecule has 5 heteroatoms. The molecule has 108 valence electrons. The lowest BCUT2D eigenvalue weighted by molar-refractivity contribution is -0.129. The Bertz CT molecular complexity index is 503. The van der Waals surface area contributed by atoms with E-state index in [1.807, 2.05) is 24.3 Å². The van der Waals surface area contributed by atoms with Crippen molar-refractivity contribution in [3.63, 3.8) is 0 Å². The van der Waals surface area contributed by atoms with Crippen LogP contribution in [-0.2, 0) is 10.2 Å². The van der Waals surface area contributed by atoms with E-state index in [1.165, 1.54) is 10.5 Å². The fourth-order valence-corrected chi connectivity index (χ4v) is 1.98. The highest BCUT2D eigenvalue weighted by Gasteiger charge is 2.26. The zero-order valence-electron chi connectivity index (χ0n) is 12.1. The van der Waals surface area contributed by atoms with Crippen molar-refractivity contribution in [1.29, 1.82) is 0 Å². The molecular weight excluding hydrogens is 256 g/mol. The third-order valence-corrected chi connectivity index (χ3v) is 3.24. The van der Waals surface area contributed by atoms with E-state index >= 15 is 0 Å². The number of nitrogens with one attached hydrogen (secondary N) is 1. The predicted molar refractivity (Wildman–Crippen MR) is 75.7 cm³/mol. The number of amides is 3. The summed E-state index contributed by atoms with van der Waals surface area (Å²) in [6, 6.07) is 7.32. The van der Waals surface area contributed by atoms with Crippen molar-refractivity contribution in [3.8, 4) is 5.75 Å². The number of carbonyl (C=O) groups excluding carboxylic acids is 2. The molecule has 1 saturated heterocycles. The minimum absolute atomic E-state index is 0.0853. The zero-order valence-corrected chi connectivity index (χ0v) is 12.1. The van der Waals surface area contributed by atoms with Crippen LogP contribution in [0.2, 0.25) is 0 Å². The lowest BCUT2D eigenvalue weighted by atomic mass is 9.87. The van der Waals surface area contributed by atoms with Gasteiger partial charge in [0, 0.05) is 13.1 Å². The number of nitrogens with zero attached hydrogens (tertiary/aromatic N) is 1. The quantitative estimate of drug-likeness (QED) is 0.917. The second kappa shape index (κ2) is 5.53. The monoisotopic (exact) mass is 276 g/mol. The molecule has 1 fully saturated rings. The Morgan fingerprint density at radius 2 is 1.95 bits per heavy atom. The van der Waals surface area contributed by atoms with E-state index in [-0.39, 0.29) is 24.0 Å². The lowest BCUT2D eigenvalue weighted by Crippen LogP contribution is -2.37. The Morgan fingerprint density at radius 3 is 2.45 bits per heavy atom. The van der Waals surface area contributed by atoms with Gasteiger partial charge in [0.25, 0.3) is 5.91 Å². The molecule has 0 spiro atoms. The van der Waals surface area contributed by atoms with Crippen LogP contribution >= 0.6 is 0 Å². The minimum atomic E-state index is -0.346. The highest BCUT2D eigenvalue weighted by atomic mass is 16.5. The van der Waals surface area contributed by atoms with Gasteiger partial charge in [0.15, 0.2) is 6.61 Å². The van der Waals surface area contributed by atoms with Crippen LogP contribution in [0.3, 0.4) is 0 Å². The normalized spacial score (nSPS) is 15.2. The Morgan fingerprint density at radius 1 is 1.30 bits per heavy atom.